The second kappa shape index (κ2) is 12.1. The van der Waals surface area contributed by atoms with Crippen molar-refractivity contribution in [2.75, 3.05) is 18.4 Å². The van der Waals surface area contributed by atoms with Crippen LogP contribution in [0.5, 0.6) is 0 Å². The predicted octanol–water partition coefficient (Wildman–Crippen LogP) is 8.17. The van der Waals surface area contributed by atoms with Crippen LogP contribution in [0, 0.1) is 17.8 Å². The third kappa shape index (κ3) is 5.85. The SMILES string of the molecule is CC(C)C1=CC2OC3(CC4CC(NCCCCNc5ccnc6cc(Cl)ccc56)CC4C3)OOC2(c2ccccc2)CC1. The van der Waals surface area contributed by atoms with E-state index in [0.717, 1.165) is 73.8 Å². The summed E-state index contributed by atoms with van der Waals surface area (Å²) in [6.07, 6.45) is 12.4. The number of benzene rings is 2. The van der Waals surface area contributed by atoms with Gasteiger partial charge in [0.2, 0.25) is 5.79 Å². The van der Waals surface area contributed by atoms with Crippen LogP contribution in [-0.2, 0) is 20.1 Å². The predicted molar refractivity (Wildman–Crippen MR) is 172 cm³/mol. The lowest BCUT2D eigenvalue weighted by Gasteiger charge is -2.50. The summed E-state index contributed by atoms with van der Waals surface area (Å²) in [7, 11) is 0. The molecule has 4 atom stereocenters. The molecule has 2 N–H and O–H groups in total. The first-order valence-corrected chi connectivity index (χ1v) is 16.6. The van der Waals surface area contributed by atoms with E-state index < -0.39 is 11.4 Å². The van der Waals surface area contributed by atoms with E-state index in [2.05, 4.69) is 65.9 Å². The molecule has 3 fully saturated rings. The smallest absolute Gasteiger partial charge is 0.202 e. The molecule has 2 aromatic carbocycles. The van der Waals surface area contributed by atoms with E-state index in [1.807, 2.05) is 30.5 Å². The van der Waals surface area contributed by atoms with E-state index in [4.69, 9.17) is 26.1 Å². The maximum absolute atomic E-state index is 6.98. The lowest BCUT2D eigenvalue weighted by atomic mass is 9.75. The summed E-state index contributed by atoms with van der Waals surface area (Å²) in [6, 6.07) is 19.0. The first-order chi connectivity index (χ1) is 20.9. The number of hydrogen-bond donors (Lipinski definition) is 2. The molecular weight excluding hydrogens is 558 g/mol. The minimum atomic E-state index is -0.632. The van der Waals surface area contributed by atoms with Crippen LogP contribution < -0.4 is 10.6 Å². The molecule has 7 heteroatoms. The van der Waals surface area contributed by atoms with Crippen LogP contribution in [0.3, 0.4) is 0 Å². The summed E-state index contributed by atoms with van der Waals surface area (Å²) in [5, 5.41) is 9.27. The van der Waals surface area contributed by atoms with E-state index in [-0.39, 0.29) is 6.10 Å². The molecule has 6 nitrogen and oxygen atoms in total. The van der Waals surface area contributed by atoms with E-state index in [1.165, 1.54) is 18.4 Å². The minimum absolute atomic E-state index is 0.126. The van der Waals surface area contributed by atoms with Crippen LogP contribution in [-0.4, -0.2) is 36.0 Å². The van der Waals surface area contributed by atoms with Crippen LogP contribution in [0.1, 0.15) is 70.8 Å². The fourth-order valence-corrected chi connectivity index (χ4v) is 8.21. The van der Waals surface area contributed by atoms with Crippen LogP contribution in [0.25, 0.3) is 10.9 Å². The Balaban J connectivity index is 0.897. The highest BCUT2D eigenvalue weighted by Gasteiger charge is 2.60. The molecule has 228 valence electrons. The zero-order valence-electron chi connectivity index (χ0n) is 25.4. The van der Waals surface area contributed by atoms with Crippen molar-refractivity contribution >= 4 is 28.2 Å². The fraction of sp³-hybridized carbons (Fsp3) is 0.528. The summed E-state index contributed by atoms with van der Waals surface area (Å²) < 4.78 is 6.98. The van der Waals surface area contributed by atoms with Gasteiger partial charge in [-0.15, -0.1) is 0 Å². The number of hydrogen-bond acceptors (Lipinski definition) is 6. The van der Waals surface area contributed by atoms with E-state index >= 15 is 0 Å². The lowest BCUT2D eigenvalue weighted by Crippen LogP contribution is -2.56. The van der Waals surface area contributed by atoms with Crippen molar-refractivity contribution in [1.29, 1.82) is 0 Å². The average molecular weight is 602 g/mol. The van der Waals surface area contributed by atoms with Crippen molar-refractivity contribution in [3.63, 3.8) is 0 Å². The molecule has 1 aromatic heterocycles. The number of halogens is 1. The van der Waals surface area contributed by atoms with Gasteiger partial charge in [0.05, 0.1) is 5.52 Å². The Hall–Kier alpha value is -2.48. The van der Waals surface area contributed by atoms with Gasteiger partial charge in [-0.25, -0.2) is 4.89 Å². The van der Waals surface area contributed by atoms with Crippen molar-refractivity contribution in [3.8, 4) is 0 Å². The first-order valence-electron chi connectivity index (χ1n) is 16.3. The maximum atomic E-state index is 6.98. The molecule has 0 bridgehead atoms. The van der Waals surface area contributed by atoms with Crippen LogP contribution in [0.15, 0.2) is 72.4 Å². The van der Waals surface area contributed by atoms with Crippen molar-refractivity contribution < 1.29 is 14.5 Å². The molecule has 4 unspecified atom stereocenters. The van der Waals surface area contributed by atoms with Gasteiger partial charge < -0.3 is 15.4 Å². The lowest BCUT2D eigenvalue weighted by molar-refractivity contribution is -0.530. The van der Waals surface area contributed by atoms with Crippen LogP contribution in [0.4, 0.5) is 5.69 Å². The van der Waals surface area contributed by atoms with Gasteiger partial charge in [-0.3, -0.25) is 4.98 Å². The summed E-state index contributed by atoms with van der Waals surface area (Å²) >= 11 is 6.13. The highest BCUT2D eigenvalue weighted by atomic mass is 35.5. The Morgan fingerprint density at radius 2 is 1.77 bits per heavy atom. The normalized spacial score (nSPS) is 31.8. The standard InChI is InChI=1S/C36H44ClN3O3/c1-24(2)25-12-14-36(28-8-4-3-5-9-28)34(20-25)41-35(42-43-36)22-26-18-30(19-27(26)23-35)38-15-6-7-16-39-32-13-17-40-33-21-29(37)10-11-31(32)33/h3-5,8-11,13,17,20-21,24,26-27,30,34,38H,6-7,12,14-16,18-19,22-23H2,1-2H3,(H,39,40). The molecule has 3 aromatic rings. The van der Waals surface area contributed by atoms with Gasteiger partial charge in [0, 0.05) is 47.7 Å². The Labute approximate surface area is 260 Å². The van der Waals surface area contributed by atoms with Gasteiger partial charge >= 0.3 is 0 Å². The molecule has 0 radical (unpaired) electrons. The fourth-order valence-electron chi connectivity index (χ4n) is 8.04. The second-order valence-electron chi connectivity index (χ2n) is 13.5. The van der Waals surface area contributed by atoms with E-state index in [1.54, 1.807) is 0 Å². The number of aromatic nitrogens is 1. The Morgan fingerprint density at radius 3 is 2.56 bits per heavy atom. The average Bonchev–Trinajstić information content (AvgIpc) is 3.53. The number of nitrogens with zero attached hydrogens (tertiary/aromatic N) is 1. The van der Waals surface area contributed by atoms with Gasteiger partial charge in [-0.2, -0.15) is 4.89 Å². The molecule has 0 amide bonds. The molecule has 1 spiro atoms. The summed E-state index contributed by atoms with van der Waals surface area (Å²) in [6.45, 7) is 6.54. The zero-order chi connectivity index (χ0) is 29.4. The molecule has 3 aliphatic carbocycles. The van der Waals surface area contributed by atoms with Crippen molar-refractivity contribution in [3.05, 3.63) is 83.0 Å². The maximum Gasteiger partial charge on any atom is 0.202 e. The third-order valence-corrected chi connectivity index (χ3v) is 10.6. The van der Waals surface area contributed by atoms with Gasteiger partial charge in [-0.1, -0.05) is 67.4 Å². The molecule has 4 aliphatic rings. The molecule has 2 saturated carbocycles. The van der Waals surface area contributed by atoms with Crippen molar-refractivity contribution in [2.45, 2.75) is 88.7 Å². The number of pyridine rings is 1. The minimum Gasteiger partial charge on any atom is -0.384 e. The largest absolute Gasteiger partial charge is 0.384 e. The van der Waals surface area contributed by atoms with Crippen molar-refractivity contribution in [2.24, 2.45) is 17.8 Å². The van der Waals surface area contributed by atoms with Gasteiger partial charge in [0.15, 0.2) is 5.60 Å². The van der Waals surface area contributed by atoms with Gasteiger partial charge in [0.1, 0.15) is 6.10 Å². The highest BCUT2D eigenvalue weighted by Crippen LogP contribution is 2.56. The molecule has 43 heavy (non-hydrogen) atoms. The van der Waals surface area contributed by atoms with Crippen LogP contribution in [0.2, 0.25) is 5.02 Å². The third-order valence-electron chi connectivity index (χ3n) is 10.3. The summed E-state index contributed by atoms with van der Waals surface area (Å²) in [5.41, 5.74) is 4.09. The van der Waals surface area contributed by atoms with E-state index in [0.29, 0.717) is 28.8 Å². The number of unbranched alkanes of at least 4 members (excludes halogenated alkanes) is 1. The topological polar surface area (TPSA) is 64.6 Å². The monoisotopic (exact) mass is 601 g/mol. The summed E-state index contributed by atoms with van der Waals surface area (Å²) in [5.74, 6) is 1.10. The van der Waals surface area contributed by atoms with Gasteiger partial charge in [-0.05, 0) is 92.7 Å². The van der Waals surface area contributed by atoms with Crippen molar-refractivity contribution in [1.82, 2.24) is 10.3 Å². The van der Waals surface area contributed by atoms with Crippen LogP contribution >= 0.6 is 11.6 Å². The van der Waals surface area contributed by atoms with Gasteiger partial charge in [0.25, 0.3) is 0 Å². The molecule has 1 saturated heterocycles. The number of allylic oxidation sites excluding steroid dienone is 1. The zero-order valence-corrected chi connectivity index (χ0v) is 26.1. The Bertz CT molecular complexity index is 1450. The molecule has 2 heterocycles. The number of rotatable bonds is 9. The van der Waals surface area contributed by atoms with E-state index in [9.17, 15) is 0 Å². The molecule has 7 rings (SSSR count). The number of nitrogens with one attached hydrogen (secondary N) is 2. The summed E-state index contributed by atoms with van der Waals surface area (Å²) in [4.78, 5) is 17.2. The molecular formula is C36H44ClN3O3. The number of fused-ring (bicyclic) bond motifs is 3. The first kappa shape index (κ1) is 29.2. The quantitative estimate of drug-likeness (QED) is 0.146. The Morgan fingerprint density at radius 1 is 0.977 bits per heavy atom. The number of anilines is 1. The highest BCUT2D eigenvalue weighted by molar-refractivity contribution is 6.31. The number of ether oxygens (including phenoxy) is 1. The second-order valence-corrected chi connectivity index (χ2v) is 13.9. The molecule has 1 aliphatic heterocycles. The Kier molecular flexibility index (Phi) is 8.25.